The number of furan rings is 1. The number of rotatable bonds is 8. The second-order valence-corrected chi connectivity index (χ2v) is 5.02. The van der Waals surface area contributed by atoms with E-state index >= 15 is 0 Å². The van der Waals surface area contributed by atoms with Gasteiger partial charge in [-0.1, -0.05) is 11.8 Å². The summed E-state index contributed by atoms with van der Waals surface area (Å²) in [6, 6.07) is 3.70. The minimum Gasteiger partial charge on any atom is -0.467 e. The highest BCUT2D eigenvalue weighted by Gasteiger charge is 2.09. The summed E-state index contributed by atoms with van der Waals surface area (Å²) in [7, 11) is 0. The Morgan fingerprint density at radius 2 is 2.45 bits per heavy atom. The van der Waals surface area contributed by atoms with Gasteiger partial charge in [-0.2, -0.15) is 0 Å². The lowest BCUT2D eigenvalue weighted by Gasteiger charge is -2.03. The fraction of sp³-hybridized carbons (Fsp3) is 0.500. The summed E-state index contributed by atoms with van der Waals surface area (Å²) in [6.45, 7) is 2.73. The van der Waals surface area contributed by atoms with E-state index in [2.05, 4.69) is 15.5 Å². The molecule has 0 bridgehead atoms. The van der Waals surface area contributed by atoms with E-state index in [1.54, 1.807) is 17.9 Å². The number of thioether (sulfide) groups is 1. The van der Waals surface area contributed by atoms with Crippen molar-refractivity contribution in [1.29, 1.82) is 0 Å². The molecule has 0 fully saturated rings. The third kappa shape index (κ3) is 4.37. The Kier molecular flexibility index (Phi) is 5.60. The number of carbonyl (C=O) groups is 1. The summed E-state index contributed by atoms with van der Waals surface area (Å²) in [5.41, 5.74) is 0. The van der Waals surface area contributed by atoms with Crippen LogP contribution < -0.4 is 0 Å². The standard InChI is InChI=1S/C12H16N4O3S/c1-2-18-11(17)6-4-8-20-12-13-14-15-16(12)9-10-5-3-7-19-10/h3,5,7H,2,4,6,8-9H2,1H3. The Bertz CT molecular complexity index is 527. The average molecular weight is 296 g/mol. The van der Waals surface area contributed by atoms with Gasteiger partial charge in [-0.05, 0) is 35.9 Å². The van der Waals surface area contributed by atoms with E-state index in [9.17, 15) is 4.79 Å². The van der Waals surface area contributed by atoms with Crippen molar-refractivity contribution < 1.29 is 13.9 Å². The highest BCUT2D eigenvalue weighted by molar-refractivity contribution is 7.99. The summed E-state index contributed by atoms with van der Waals surface area (Å²) in [5, 5.41) is 12.2. The molecule has 2 aromatic rings. The molecule has 7 nitrogen and oxygen atoms in total. The molecule has 0 radical (unpaired) electrons. The van der Waals surface area contributed by atoms with Gasteiger partial charge in [0.15, 0.2) is 0 Å². The van der Waals surface area contributed by atoms with E-state index in [1.807, 2.05) is 12.1 Å². The molecule has 0 aliphatic heterocycles. The van der Waals surface area contributed by atoms with Crippen LogP contribution in [0.5, 0.6) is 0 Å². The van der Waals surface area contributed by atoms with Crippen molar-refractivity contribution in [2.24, 2.45) is 0 Å². The zero-order chi connectivity index (χ0) is 14.2. The number of carbonyl (C=O) groups excluding carboxylic acids is 1. The van der Waals surface area contributed by atoms with Crippen LogP contribution in [0, 0.1) is 0 Å². The number of hydrogen-bond donors (Lipinski definition) is 0. The Balaban J connectivity index is 1.76. The predicted octanol–water partition coefficient (Wildman–Crippen LogP) is 1.75. The number of esters is 1. The van der Waals surface area contributed by atoms with Crippen molar-refractivity contribution in [2.75, 3.05) is 12.4 Å². The van der Waals surface area contributed by atoms with Crippen LogP contribution in [-0.2, 0) is 16.1 Å². The van der Waals surface area contributed by atoms with Crippen LogP contribution in [0.2, 0.25) is 0 Å². The lowest BCUT2D eigenvalue weighted by molar-refractivity contribution is -0.143. The summed E-state index contributed by atoms with van der Waals surface area (Å²) >= 11 is 1.51. The van der Waals surface area contributed by atoms with Crippen LogP contribution in [0.25, 0.3) is 0 Å². The first kappa shape index (κ1) is 14.6. The molecule has 0 aliphatic carbocycles. The molecular formula is C12H16N4O3S. The quantitative estimate of drug-likeness (QED) is 0.417. The molecule has 0 atom stereocenters. The molecule has 0 aromatic carbocycles. The molecule has 0 spiro atoms. The van der Waals surface area contributed by atoms with Crippen LogP contribution in [0.3, 0.4) is 0 Å². The lowest BCUT2D eigenvalue weighted by Crippen LogP contribution is -2.05. The van der Waals surface area contributed by atoms with Gasteiger partial charge in [0.25, 0.3) is 0 Å². The smallest absolute Gasteiger partial charge is 0.305 e. The first-order chi connectivity index (χ1) is 9.79. The van der Waals surface area contributed by atoms with Crippen LogP contribution in [0.4, 0.5) is 0 Å². The van der Waals surface area contributed by atoms with Gasteiger partial charge in [0.1, 0.15) is 12.3 Å². The van der Waals surface area contributed by atoms with Crippen LogP contribution in [0.1, 0.15) is 25.5 Å². The topological polar surface area (TPSA) is 83.0 Å². The maximum absolute atomic E-state index is 11.2. The Labute approximate surface area is 120 Å². The average Bonchev–Trinajstić information content (AvgIpc) is 3.08. The third-order valence-corrected chi connectivity index (χ3v) is 3.49. The lowest BCUT2D eigenvalue weighted by atomic mass is 10.3. The van der Waals surface area contributed by atoms with Gasteiger partial charge >= 0.3 is 5.97 Å². The van der Waals surface area contributed by atoms with Crippen molar-refractivity contribution in [2.45, 2.75) is 31.5 Å². The van der Waals surface area contributed by atoms with E-state index in [0.29, 0.717) is 24.7 Å². The zero-order valence-corrected chi connectivity index (χ0v) is 12.0. The number of nitrogens with zero attached hydrogens (tertiary/aromatic N) is 4. The molecule has 0 aliphatic rings. The SMILES string of the molecule is CCOC(=O)CCCSc1nnnn1Cc1ccco1. The van der Waals surface area contributed by atoms with Crippen molar-refractivity contribution in [1.82, 2.24) is 20.2 Å². The van der Waals surface area contributed by atoms with Crippen LogP contribution >= 0.6 is 11.8 Å². The minimum atomic E-state index is -0.164. The van der Waals surface area contributed by atoms with E-state index in [0.717, 1.165) is 17.9 Å². The van der Waals surface area contributed by atoms with Gasteiger partial charge in [0, 0.05) is 12.2 Å². The molecule has 2 aromatic heterocycles. The largest absolute Gasteiger partial charge is 0.467 e. The monoisotopic (exact) mass is 296 g/mol. The molecule has 0 N–H and O–H groups in total. The normalized spacial score (nSPS) is 10.7. The summed E-state index contributed by atoms with van der Waals surface area (Å²) in [4.78, 5) is 11.2. The van der Waals surface area contributed by atoms with E-state index in [4.69, 9.17) is 9.15 Å². The molecule has 0 unspecified atom stereocenters. The molecule has 8 heteroatoms. The first-order valence-electron chi connectivity index (χ1n) is 6.36. The molecule has 2 heterocycles. The maximum Gasteiger partial charge on any atom is 0.305 e. The van der Waals surface area contributed by atoms with Gasteiger partial charge in [0.05, 0.1) is 12.9 Å². The predicted molar refractivity (Wildman–Crippen MR) is 72.2 cm³/mol. The van der Waals surface area contributed by atoms with Gasteiger partial charge in [-0.3, -0.25) is 4.79 Å². The first-order valence-corrected chi connectivity index (χ1v) is 7.35. The Hall–Kier alpha value is -1.83. The number of ether oxygens (including phenoxy) is 1. The van der Waals surface area contributed by atoms with Crippen LogP contribution in [-0.4, -0.2) is 38.5 Å². The summed E-state index contributed by atoms with van der Waals surface area (Å²) in [6.07, 6.45) is 2.77. The van der Waals surface area contributed by atoms with Gasteiger partial charge in [-0.15, -0.1) is 5.10 Å². The van der Waals surface area contributed by atoms with E-state index < -0.39 is 0 Å². The van der Waals surface area contributed by atoms with Crippen LogP contribution in [0.15, 0.2) is 28.0 Å². The molecule has 108 valence electrons. The minimum absolute atomic E-state index is 0.164. The Morgan fingerprint density at radius 1 is 1.55 bits per heavy atom. The third-order valence-electron chi connectivity index (χ3n) is 2.45. The van der Waals surface area contributed by atoms with Gasteiger partial charge < -0.3 is 9.15 Å². The van der Waals surface area contributed by atoms with Crippen molar-refractivity contribution in [3.63, 3.8) is 0 Å². The molecule has 20 heavy (non-hydrogen) atoms. The highest BCUT2D eigenvalue weighted by Crippen LogP contribution is 2.17. The second-order valence-electron chi connectivity index (χ2n) is 3.96. The summed E-state index contributed by atoms with van der Waals surface area (Å²) < 4.78 is 11.8. The van der Waals surface area contributed by atoms with Crippen molar-refractivity contribution in [3.8, 4) is 0 Å². The van der Waals surface area contributed by atoms with Gasteiger partial charge in [0.2, 0.25) is 5.16 Å². The number of hydrogen-bond acceptors (Lipinski definition) is 7. The molecule has 0 amide bonds. The molecule has 2 rings (SSSR count). The fourth-order valence-corrected chi connectivity index (χ4v) is 2.38. The number of tetrazole rings is 1. The molecule has 0 saturated carbocycles. The second kappa shape index (κ2) is 7.68. The highest BCUT2D eigenvalue weighted by atomic mass is 32.2. The van der Waals surface area contributed by atoms with Crippen molar-refractivity contribution >= 4 is 17.7 Å². The van der Waals surface area contributed by atoms with E-state index in [-0.39, 0.29) is 5.97 Å². The van der Waals surface area contributed by atoms with Crippen molar-refractivity contribution in [3.05, 3.63) is 24.2 Å². The Morgan fingerprint density at radius 3 is 3.20 bits per heavy atom. The maximum atomic E-state index is 11.2. The van der Waals surface area contributed by atoms with Gasteiger partial charge in [-0.25, -0.2) is 4.68 Å². The molecular weight excluding hydrogens is 280 g/mol. The zero-order valence-electron chi connectivity index (χ0n) is 11.2. The fourth-order valence-electron chi connectivity index (χ4n) is 1.56. The number of aromatic nitrogens is 4. The molecule has 0 saturated heterocycles. The summed E-state index contributed by atoms with van der Waals surface area (Å²) in [5.74, 6) is 1.39. The van der Waals surface area contributed by atoms with E-state index in [1.165, 1.54) is 11.8 Å².